The molecule has 0 aliphatic carbocycles. The molecule has 0 atom stereocenters. The lowest BCUT2D eigenvalue weighted by atomic mass is 10.4. The Kier molecular flexibility index (Phi) is 3.65. The SMILES string of the molecule is CN(C)CCc1nc(O)c(Br)c(=O)[nH]1. The highest BCUT2D eigenvalue weighted by Gasteiger charge is 2.07. The normalized spacial score (nSPS) is 10.9. The summed E-state index contributed by atoms with van der Waals surface area (Å²) >= 11 is 2.93. The third-order valence-corrected chi connectivity index (χ3v) is 2.40. The van der Waals surface area contributed by atoms with Crippen molar-refractivity contribution in [1.82, 2.24) is 14.9 Å². The van der Waals surface area contributed by atoms with Gasteiger partial charge in [0.15, 0.2) is 0 Å². The minimum Gasteiger partial charge on any atom is -0.492 e. The average Bonchev–Trinajstić information content (AvgIpc) is 2.10. The van der Waals surface area contributed by atoms with E-state index in [0.717, 1.165) is 6.54 Å². The first-order valence-corrected chi connectivity index (χ1v) is 4.92. The Labute approximate surface area is 89.9 Å². The Hall–Kier alpha value is -0.880. The third kappa shape index (κ3) is 2.81. The van der Waals surface area contributed by atoms with E-state index in [1.807, 2.05) is 19.0 Å². The van der Waals surface area contributed by atoms with Crippen LogP contribution in [-0.2, 0) is 6.42 Å². The Morgan fingerprint density at radius 2 is 2.21 bits per heavy atom. The molecule has 0 aliphatic rings. The Morgan fingerprint density at radius 3 is 2.71 bits per heavy atom. The van der Waals surface area contributed by atoms with Gasteiger partial charge in [0.05, 0.1) is 0 Å². The second-order valence-electron chi connectivity index (χ2n) is 3.20. The molecule has 6 heteroatoms. The zero-order valence-corrected chi connectivity index (χ0v) is 9.63. The van der Waals surface area contributed by atoms with Crippen molar-refractivity contribution in [3.8, 4) is 5.88 Å². The molecule has 0 bridgehead atoms. The minimum atomic E-state index is -0.355. The maximum absolute atomic E-state index is 11.2. The zero-order chi connectivity index (χ0) is 10.7. The number of hydrogen-bond donors (Lipinski definition) is 2. The molecule has 0 saturated heterocycles. The highest BCUT2D eigenvalue weighted by atomic mass is 79.9. The number of aromatic hydroxyl groups is 1. The largest absolute Gasteiger partial charge is 0.492 e. The van der Waals surface area contributed by atoms with Crippen molar-refractivity contribution in [2.75, 3.05) is 20.6 Å². The molecule has 0 radical (unpaired) electrons. The monoisotopic (exact) mass is 261 g/mol. The van der Waals surface area contributed by atoms with E-state index in [9.17, 15) is 9.90 Å². The van der Waals surface area contributed by atoms with Crippen molar-refractivity contribution >= 4 is 15.9 Å². The molecular weight excluding hydrogens is 250 g/mol. The topological polar surface area (TPSA) is 69.2 Å². The summed E-state index contributed by atoms with van der Waals surface area (Å²) in [6.07, 6.45) is 0.600. The van der Waals surface area contributed by atoms with Gasteiger partial charge in [-0.05, 0) is 30.0 Å². The third-order valence-electron chi connectivity index (χ3n) is 1.69. The second-order valence-corrected chi connectivity index (χ2v) is 4.00. The molecular formula is C8H12BrN3O2. The number of aromatic nitrogens is 2. The molecule has 1 aromatic heterocycles. The molecule has 78 valence electrons. The van der Waals surface area contributed by atoms with E-state index < -0.39 is 0 Å². The molecule has 1 aromatic rings. The number of rotatable bonds is 3. The van der Waals surface area contributed by atoms with Gasteiger partial charge in [0.25, 0.3) is 5.56 Å². The molecule has 1 heterocycles. The summed E-state index contributed by atoms with van der Waals surface area (Å²) in [5, 5.41) is 9.25. The summed E-state index contributed by atoms with van der Waals surface area (Å²) in [6, 6.07) is 0. The summed E-state index contributed by atoms with van der Waals surface area (Å²) in [7, 11) is 3.85. The van der Waals surface area contributed by atoms with Gasteiger partial charge in [-0.3, -0.25) is 4.79 Å². The van der Waals surface area contributed by atoms with Crippen molar-refractivity contribution in [1.29, 1.82) is 0 Å². The molecule has 1 rings (SSSR count). The maximum Gasteiger partial charge on any atom is 0.269 e. The zero-order valence-electron chi connectivity index (χ0n) is 8.04. The Morgan fingerprint density at radius 1 is 1.57 bits per heavy atom. The lowest BCUT2D eigenvalue weighted by Gasteiger charge is -2.08. The Balaban J connectivity index is 2.85. The van der Waals surface area contributed by atoms with Crippen molar-refractivity contribution in [2.24, 2.45) is 0 Å². The molecule has 0 fully saturated rings. The van der Waals surface area contributed by atoms with Gasteiger partial charge in [-0.2, -0.15) is 4.98 Å². The van der Waals surface area contributed by atoms with Gasteiger partial charge in [0.1, 0.15) is 10.3 Å². The van der Waals surface area contributed by atoms with E-state index >= 15 is 0 Å². The predicted octanol–water partition coefficient (Wildman–Crippen LogP) is 0.342. The minimum absolute atomic E-state index is 0.0751. The van der Waals surface area contributed by atoms with Gasteiger partial charge in [-0.15, -0.1) is 0 Å². The van der Waals surface area contributed by atoms with Crippen LogP contribution in [0.1, 0.15) is 5.82 Å². The number of hydrogen-bond acceptors (Lipinski definition) is 4. The van der Waals surface area contributed by atoms with Gasteiger partial charge in [-0.25, -0.2) is 0 Å². The average molecular weight is 262 g/mol. The van der Waals surface area contributed by atoms with E-state index in [0.29, 0.717) is 12.2 Å². The van der Waals surface area contributed by atoms with Crippen LogP contribution in [0.3, 0.4) is 0 Å². The lowest BCUT2D eigenvalue weighted by molar-refractivity contribution is 0.403. The van der Waals surface area contributed by atoms with E-state index in [4.69, 9.17) is 0 Å². The van der Waals surface area contributed by atoms with E-state index in [-0.39, 0.29) is 15.9 Å². The summed E-state index contributed by atoms with van der Waals surface area (Å²) in [5.74, 6) is 0.229. The standard InChI is InChI=1S/C8H12BrN3O2/c1-12(2)4-3-5-10-7(13)6(9)8(14)11-5/h3-4H2,1-2H3,(H2,10,11,13,14). The predicted molar refractivity (Wildman–Crippen MR) is 56.5 cm³/mol. The first-order chi connectivity index (χ1) is 6.50. The molecule has 2 N–H and O–H groups in total. The second kappa shape index (κ2) is 4.56. The Bertz CT molecular complexity index is 375. The number of H-pyrrole nitrogens is 1. The number of aromatic amines is 1. The highest BCUT2D eigenvalue weighted by Crippen LogP contribution is 2.14. The molecule has 0 unspecified atom stereocenters. The summed E-state index contributed by atoms with van der Waals surface area (Å²) in [5.41, 5.74) is -0.355. The fraction of sp³-hybridized carbons (Fsp3) is 0.500. The number of nitrogens with one attached hydrogen (secondary N) is 1. The van der Waals surface area contributed by atoms with Crippen molar-refractivity contribution in [3.05, 3.63) is 20.7 Å². The van der Waals surface area contributed by atoms with Crippen LogP contribution in [0.5, 0.6) is 5.88 Å². The first-order valence-electron chi connectivity index (χ1n) is 4.13. The summed E-state index contributed by atoms with van der Waals surface area (Å²) in [6.45, 7) is 0.768. The lowest BCUT2D eigenvalue weighted by Crippen LogP contribution is -2.19. The van der Waals surface area contributed by atoms with Crippen LogP contribution in [0.15, 0.2) is 9.27 Å². The van der Waals surface area contributed by atoms with Gasteiger partial charge in [0.2, 0.25) is 5.88 Å². The molecule has 0 aliphatic heterocycles. The van der Waals surface area contributed by atoms with Crippen molar-refractivity contribution in [3.63, 3.8) is 0 Å². The molecule has 0 spiro atoms. The molecule has 5 nitrogen and oxygen atoms in total. The van der Waals surface area contributed by atoms with Crippen LogP contribution in [0.4, 0.5) is 0 Å². The van der Waals surface area contributed by atoms with Crippen LogP contribution in [0.25, 0.3) is 0 Å². The molecule has 0 saturated carbocycles. The number of likely N-dealkylation sites (N-methyl/N-ethyl adjacent to an activating group) is 1. The smallest absolute Gasteiger partial charge is 0.269 e. The number of nitrogens with zero attached hydrogens (tertiary/aromatic N) is 2. The van der Waals surface area contributed by atoms with Gasteiger partial charge < -0.3 is 15.0 Å². The molecule has 0 amide bonds. The maximum atomic E-state index is 11.2. The van der Waals surface area contributed by atoms with Crippen molar-refractivity contribution in [2.45, 2.75) is 6.42 Å². The summed E-state index contributed by atoms with van der Waals surface area (Å²) in [4.78, 5) is 19.6. The summed E-state index contributed by atoms with van der Waals surface area (Å²) < 4.78 is 0.0751. The van der Waals surface area contributed by atoms with Crippen molar-refractivity contribution < 1.29 is 5.11 Å². The highest BCUT2D eigenvalue weighted by molar-refractivity contribution is 9.10. The first kappa shape index (κ1) is 11.2. The van der Waals surface area contributed by atoms with Crippen LogP contribution >= 0.6 is 15.9 Å². The van der Waals surface area contributed by atoms with E-state index in [1.165, 1.54) is 0 Å². The van der Waals surface area contributed by atoms with Crippen LogP contribution in [0.2, 0.25) is 0 Å². The van der Waals surface area contributed by atoms with Crippen LogP contribution in [0, 0.1) is 0 Å². The van der Waals surface area contributed by atoms with Gasteiger partial charge in [-0.1, -0.05) is 0 Å². The fourth-order valence-electron chi connectivity index (χ4n) is 0.940. The number of halogens is 1. The van der Waals surface area contributed by atoms with Crippen LogP contribution < -0.4 is 5.56 Å². The van der Waals surface area contributed by atoms with E-state index in [2.05, 4.69) is 25.9 Å². The fourth-order valence-corrected chi connectivity index (χ4v) is 1.13. The van der Waals surface area contributed by atoms with Gasteiger partial charge >= 0.3 is 0 Å². The molecule has 14 heavy (non-hydrogen) atoms. The quantitative estimate of drug-likeness (QED) is 0.824. The molecule has 0 aromatic carbocycles. The van der Waals surface area contributed by atoms with E-state index in [1.54, 1.807) is 0 Å². The van der Waals surface area contributed by atoms with Crippen LogP contribution in [-0.4, -0.2) is 40.6 Å². The van der Waals surface area contributed by atoms with Gasteiger partial charge in [0, 0.05) is 13.0 Å².